The van der Waals surface area contributed by atoms with E-state index in [9.17, 15) is 13.2 Å². The molecule has 0 aliphatic carbocycles. The van der Waals surface area contributed by atoms with Crippen LogP contribution >= 0.6 is 15.9 Å². The fourth-order valence-electron chi connectivity index (χ4n) is 2.73. The molecule has 1 fully saturated rings. The second-order valence-electron chi connectivity index (χ2n) is 6.22. The van der Waals surface area contributed by atoms with Crippen molar-refractivity contribution in [3.05, 3.63) is 34.3 Å². The lowest BCUT2D eigenvalue weighted by Crippen LogP contribution is -2.44. The Morgan fingerprint density at radius 3 is 2.57 bits per heavy atom. The number of nitrogens with one attached hydrogen (secondary N) is 1. The number of carbonyl (C=O) groups excluding carboxylic acids is 1. The van der Waals surface area contributed by atoms with Crippen molar-refractivity contribution in [1.29, 1.82) is 0 Å². The van der Waals surface area contributed by atoms with Crippen LogP contribution < -0.4 is 5.32 Å². The molecule has 1 aliphatic rings. The van der Waals surface area contributed by atoms with Crippen LogP contribution in [-0.4, -0.2) is 37.8 Å². The number of carbonyl (C=O) groups is 1. The maximum atomic E-state index is 12.5. The van der Waals surface area contributed by atoms with Crippen molar-refractivity contribution in [3.63, 3.8) is 0 Å². The second kappa shape index (κ2) is 7.77. The van der Waals surface area contributed by atoms with E-state index >= 15 is 0 Å². The van der Waals surface area contributed by atoms with E-state index in [1.807, 2.05) is 38.1 Å². The SMILES string of the molecule is CC(C)NC(=O)C1CCN(S(=O)(=O)Cc2cccc(Br)c2)CC1. The van der Waals surface area contributed by atoms with E-state index in [0.29, 0.717) is 25.9 Å². The Bertz CT molecular complexity index is 653. The Balaban J connectivity index is 1.94. The molecule has 0 spiro atoms. The zero-order valence-corrected chi connectivity index (χ0v) is 15.9. The number of sulfonamides is 1. The topological polar surface area (TPSA) is 66.5 Å². The smallest absolute Gasteiger partial charge is 0.223 e. The minimum absolute atomic E-state index is 0.00467. The van der Waals surface area contributed by atoms with Gasteiger partial charge in [0.1, 0.15) is 0 Å². The van der Waals surface area contributed by atoms with Gasteiger partial charge >= 0.3 is 0 Å². The van der Waals surface area contributed by atoms with Gasteiger partial charge in [-0.1, -0.05) is 28.1 Å². The standard InChI is InChI=1S/C16H23BrN2O3S/c1-12(2)18-16(20)14-6-8-19(9-7-14)23(21,22)11-13-4-3-5-15(17)10-13/h3-5,10,12,14H,6-9,11H2,1-2H3,(H,18,20). The zero-order valence-electron chi connectivity index (χ0n) is 13.5. The summed E-state index contributed by atoms with van der Waals surface area (Å²) in [5, 5.41) is 2.90. The summed E-state index contributed by atoms with van der Waals surface area (Å²) < 4.78 is 27.4. The molecule has 5 nitrogen and oxygen atoms in total. The lowest BCUT2D eigenvalue weighted by atomic mass is 9.97. The number of nitrogens with zero attached hydrogens (tertiary/aromatic N) is 1. The molecule has 1 saturated heterocycles. The van der Waals surface area contributed by atoms with Gasteiger partial charge in [-0.25, -0.2) is 12.7 Å². The summed E-state index contributed by atoms with van der Waals surface area (Å²) in [7, 11) is -3.34. The number of halogens is 1. The highest BCUT2D eigenvalue weighted by molar-refractivity contribution is 9.10. The molecule has 2 rings (SSSR count). The first-order valence-electron chi connectivity index (χ1n) is 7.80. The third kappa shape index (κ3) is 5.29. The third-order valence-corrected chi connectivity index (χ3v) is 6.23. The molecule has 0 radical (unpaired) electrons. The molecular formula is C16H23BrN2O3S. The molecule has 1 heterocycles. The van der Waals surface area contributed by atoms with Crippen molar-refractivity contribution >= 4 is 31.9 Å². The van der Waals surface area contributed by atoms with Crippen LogP contribution in [0.15, 0.2) is 28.7 Å². The Hall–Kier alpha value is -0.920. The third-order valence-electron chi connectivity index (χ3n) is 3.89. The summed E-state index contributed by atoms with van der Waals surface area (Å²) in [6.45, 7) is 4.67. The van der Waals surface area contributed by atoms with Gasteiger partial charge in [-0.05, 0) is 44.4 Å². The molecular weight excluding hydrogens is 380 g/mol. The van der Waals surface area contributed by atoms with Crippen molar-refractivity contribution in [3.8, 4) is 0 Å². The molecule has 1 aliphatic heterocycles. The average Bonchev–Trinajstić information content (AvgIpc) is 2.46. The summed E-state index contributed by atoms with van der Waals surface area (Å²) in [6, 6.07) is 7.44. The monoisotopic (exact) mass is 402 g/mol. The van der Waals surface area contributed by atoms with E-state index < -0.39 is 10.0 Å². The first-order valence-corrected chi connectivity index (χ1v) is 10.2. The van der Waals surface area contributed by atoms with Gasteiger partial charge in [0, 0.05) is 29.5 Å². The van der Waals surface area contributed by atoms with Crippen LogP contribution in [0.1, 0.15) is 32.3 Å². The number of piperidine rings is 1. The highest BCUT2D eigenvalue weighted by Crippen LogP contribution is 2.22. The molecule has 7 heteroatoms. The Kier molecular flexibility index (Phi) is 6.22. The van der Waals surface area contributed by atoms with Crippen LogP contribution in [0.4, 0.5) is 0 Å². The van der Waals surface area contributed by atoms with E-state index in [4.69, 9.17) is 0 Å². The first kappa shape index (κ1) is 18.4. The highest BCUT2D eigenvalue weighted by atomic mass is 79.9. The largest absolute Gasteiger partial charge is 0.354 e. The van der Waals surface area contributed by atoms with Gasteiger partial charge in [-0.2, -0.15) is 0 Å². The Morgan fingerprint density at radius 1 is 1.35 bits per heavy atom. The molecule has 1 N–H and O–H groups in total. The van der Waals surface area contributed by atoms with Crippen molar-refractivity contribution in [2.24, 2.45) is 5.92 Å². The van der Waals surface area contributed by atoms with E-state index in [0.717, 1.165) is 10.0 Å². The number of hydrogen-bond acceptors (Lipinski definition) is 3. The minimum atomic E-state index is -3.34. The van der Waals surface area contributed by atoms with E-state index in [-0.39, 0.29) is 23.6 Å². The molecule has 1 aromatic carbocycles. The minimum Gasteiger partial charge on any atom is -0.354 e. The molecule has 128 valence electrons. The van der Waals surface area contributed by atoms with Gasteiger partial charge < -0.3 is 5.32 Å². The fourth-order valence-corrected chi connectivity index (χ4v) is 4.72. The Labute approximate surface area is 146 Å². The molecule has 0 unspecified atom stereocenters. The maximum absolute atomic E-state index is 12.5. The highest BCUT2D eigenvalue weighted by Gasteiger charge is 2.31. The van der Waals surface area contributed by atoms with Gasteiger partial charge in [0.15, 0.2) is 0 Å². The molecule has 1 amide bonds. The van der Waals surface area contributed by atoms with Gasteiger partial charge in [-0.3, -0.25) is 4.79 Å². The molecule has 0 aromatic heterocycles. The predicted molar refractivity (Wildman–Crippen MR) is 94.3 cm³/mol. The van der Waals surface area contributed by atoms with E-state index in [1.165, 1.54) is 4.31 Å². The summed E-state index contributed by atoms with van der Waals surface area (Å²) in [4.78, 5) is 12.0. The summed E-state index contributed by atoms with van der Waals surface area (Å²) in [5.41, 5.74) is 0.763. The number of benzene rings is 1. The fraction of sp³-hybridized carbons (Fsp3) is 0.562. The van der Waals surface area contributed by atoms with Crippen LogP contribution in [0.3, 0.4) is 0 Å². The summed E-state index contributed by atoms with van der Waals surface area (Å²) >= 11 is 3.36. The maximum Gasteiger partial charge on any atom is 0.223 e. The van der Waals surface area contributed by atoms with E-state index in [1.54, 1.807) is 0 Å². The number of rotatable bonds is 5. The van der Waals surface area contributed by atoms with Gasteiger partial charge in [0.2, 0.25) is 15.9 Å². The number of hydrogen-bond donors (Lipinski definition) is 1. The first-order chi connectivity index (χ1) is 10.8. The van der Waals surface area contributed by atoms with Crippen LogP contribution in [-0.2, 0) is 20.6 Å². The van der Waals surface area contributed by atoms with Crippen molar-refractivity contribution in [2.75, 3.05) is 13.1 Å². The van der Waals surface area contributed by atoms with Crippen molar-refractivity contribution in [2.45, 2.75) is 38.5 Å². The van der Waals surface area contributed by atoms with Crippen LogP contribution in [0, 0.1) is 5.92 Å². The van der Waals surface area contributed by atoms with Crippen LogP contribution in [0.25, 0.3) is 0 Å². The molecule has 0 saturated carbocycles. The second-order valence-corrected chi connectivity index (χ2v) is 9.11. The predicted octanol–water partition coefficient (Wildman–Crippen LogP) is 2.52. The average molecular weight is 403 g/mol. The van der Waals surface area contributed by atoms with Crippen molar-refractivity contribution in [1.82, 2.24) is 9.62 Å². The normalized spacial score (nSPS) is 17.4. The zero-order chi connectivity index (χ0) is 17.0. The molecule has 0 atom stereocenters. The summed E-state index contributed by atoms with van der Waals surface area (Å²) in [5.74, 6) is -0.0614. The van der Waals surface area contributed by atoms with Gasteiger partial charge in [0.25, 0.3) is 0 Å². The van der Waals surface area contributed by atoms with Crippen LogP contribution in [0.2, 0.25) is 0 Å². The lowest BCUT2D eigenvalue weighted by Gasteiger charge is -2.31. The summed E-state index contributed by atoms with van der Waals surface area (Å²) in [6.07, 6.45) is 1.16. The lowest BCUT2D eigenvalue weighted by molar-refractivity contribution is -0.126. The van der Waals surface area contributed by atoms with Gasteiger partial charge in [-0.15, -0.1) is 0 Å². The van der Waals surface area contributed by atoms with E-state index in [2.05, 4.69) is 21.2 Å². The van der Waals surface area contributed by atoms with Gasteiger partial charge in [0.05, 0.1) is 5.75 Å². The van der Waals surface area contributed by atoms with Crippen LogP contribution in [0.5, 0.6) is 0 Å². The molecule has 23 heavy (non-hydrogen) atoms. The Morgan fingerprint density at radius 2 is 2.00 bits per heavy atom. The molecule has 1 aromatic rings. The molecule has 0 bridgehead atoms. The quantitative estimate of drug-likeness (QED) is 0.822. The number of amides is 1. The van der Waals surface area contributed by atoms with Crippen molar-refractivity contribution < 1.29 is 13.2 Å².